The van der Waals surface area contributed by atoms with E-state index >= 15 is 0 Å². The number of amides is 1. The average molecular weight is 357 g/mol. The third kappa shape index (κ3) is 5.23. The molecule has 25 heavy (non-hydrogen) atoms. The van der Waals surface area contributed by atoms with Crippen molar-refractivity contribution in [1.29, 1.82) is 0 Å². The van der Waals surface area contributed by atoms with Gasteiger partial charge in [-0.05, 0) is 12.1 Å². The lowest BCUT2D eigenvalue weighted by Gasteiger charge is -2.08. The molecule has 1 aromatic heterocycles. The first-order valence-corrected chi connectivity index (χ1v) is 7.00. The molecule has 2 aromatic rings. The minimum atomic E-state index is -4.54. The number of carbonyl (C=O) groups excluding carboxylic acids is 2. The van der Waals surface area contributed by atoms with Crippen molar-refractivity contribution in [3.8, 4) is 11.4 Å². The fourth-order valence-electron chi connectivity index (χ4n) is 1.81. The number of aromatic nitrogens is 2. The number of nitrogens with one attached hydrogen (secondary N) is 1. The summed E-state index contributed by atoms with van der Waals surface area (Å²) in [5.74, 6) is -1.97. The lowest BCUT2D eigenvalue weighted by molar-refractivity contribution is -0.140. The van der Waals surface area contributed by atoms with E-state index in [2.05, 4.69) is 9.84 Å². The zero-order valence-electron chi connectivity index (χ0n) is 13.0. The standard InChI is InChI=1S/C15H14F3N3O4/c1-24-11-7-21(10-5-3-2-4-6-10)20-13(11)14(23)25-8-12(22)19-9-15(16,17)18/h2-7H,8-9H2,1H3,(H,19,22). The summed E-state index contributed by atoms with van der Waals surface area (Å²) < 4.78 is 47.1. The van der Waals surface area contributed by atoms with Crippen LogP contribution in [0.25, 0.3) is 5.69 Å². The predicted octanol–water partition coefficient (Wildman–Crippen LogP) is 1.72. The van der Waals surface area contributed by atoms with Crippen LogP contribution in [0.4, 0.5) is 13.2 Å². The van der Waals surface area contributed by atoms with Gasteiger partial charge in [0.25, 0.3) is 5.91 Å². The predicted molar refractivity (Wildman–Crippen MR) is 79.5 cm³/mol. The van der Waals surface area contributed by atoms with Gasteiger partial charge in [-0.1, -0.05) is 18.2 Å². The number of rotatable bonds is 6. The molecule has 2 rings (SSSR count). The summed E-state index contributed by atoms with van der Waals surface area (Å²) in [6.45, 7) is -2.37. The zero-order valence-corrected chi connectivity index (χ0v) is 13.0. The van der Waals surface area contributed by atoms with Gasteiger partial charge in [0.2, 0.25) is 5.69 Å². The van der Waals surface area contributed by atoms with Gasteiger partial charge in [0.15, 0.2) is 12.4 Å². The molecule has 0 spiro atoms. The Labute approximate surface area is 140 Å². The third-order valence-corrected chi connectivity index (χ3v) is 2.94. The number of benzene rings is 1. The molecule has 0 saturated carbocycles. The molecule has 10 heteroatoms. The van der Waals surface area contributed by atoms with Crippen molar-refractivity contribution in [3.05, 3.63) is 42.2 Å². The van der Waals surface area contributed by atoms with Gasteiger partial charge in [-0.2, -0.15) is 18.3 Å². The van der Waals surface area contributed by atoms with Gasteiger partial charge in [-0.15, -0.1) is 0 Å². The lowest BCUT2D eigenvalue weighted by atomic mass is 10.3. The quantitative estimate of drug-likeness (QED) is 0.796. The molecule has 0 saturated heterocycles. The Morgan fingerprint density at radius 1 is 1.24 bits per heavy atom. The van der Waals surface area contributed by atoms with Crippen LogP contribution in [0.15, 0.2) is 36.5 Å². The smallest absolute Gasteiger partial charge is 0.405 e. The molecular formula is C15H14F3N3O4. The Balaban J connectivity index is 2.02. The molecule has 1 aromatic carbocycles. The van der Waals surface area contributed by atoms with E-state index in [1.807, 2.05) is 0 Å². The number of esters is 1. The molecule has 0 bridgehead atoms. The maximum Gasteiger partial charge on any atom is 0.405 e. The van der Waals surface area contributed by atoms with E-state index in [1.165, 1.54) is 18.0 Å². The van der Waals surface area contributed by atoms with E-state index in [9.17, 15) is 22.8 Å². The molecule has 0 aliphatic heterocycles. The van der Waals surface area contributed by atoms with E-state index in [1.54, 1.807) is 35.6 Å². The van der Waals surface area contributed by atoms with Crippen LogP contribution in [0.3, 0.4) is 0 Å². The normalized spacial score (nSPS) is 11.0. The van der Waals surface area contributed by atoms with Crippen molar-refractivity contribution < 1.29 is 32.2 Å². The van der Waals surface area contributed by atoms with E-state index in [0.29, 0.717) is 5.69 Å². The SMILES string of the molecule is COc1cn(-c2ccccc2)nc1C(=O)OCC(=O)NCC(F)(F)F. The Kier molecular flexibility index (Phi) is 5.63. The Morgan fingerprint density at radius 2 is 1.92 bits per heavy atom. The zero-order chi connectivity index (χ0) is 18.4. The van der Waals surface area contributed by atoms with Crippen LogP contribution in [-0.2, 0) is 9.53 Å². The molecule has 0 radical (unpaired) electrons. The first-order valence-electron chi connectivity index (χ1n) is 7.00. The maximum absolute atomic E-state index is 12.0. The molecular weight excluding hydrogens is 343 g/mol. The molecule has 7 nitrogen and oxygen atoms in total. The molecule has 0 unspecified atom stereocenters. The van der Waals surface area contributed by atoms with Gasteiger partial charge >= 0.3 is 12.1 Å². The third-order valence-electron chi connectivity index (χ3n) is 2.94. The van der Waals surface area contributed by atoms with E-state index in [-0.39, 0.29) is 11.4 Å². The number of hydrogen-bond donors (Lipinski definition) is 1. The summed E-state index contributed by atoms with van der Waals surface area (Å²) >= 11 is 0. The molecule has 134 valence electrons. The number of methoxy groups -OCH3 is 1. The molecule has 0 aliphatic carbocycles. The van der Waals surface area contributed by atoms with Crippen LogP contribution < -0.4 is 10.1 Å². The van der Waals surface area contributed by atoms with Gasteiger partial charge < -0.3 is 14.8 Å². The van der Waals surface area contributed by atoms with Crippen molar-refractivity contribution >= 4 is 11.9 Å². The van der Waals surface area contributed by atoms with E-state index in [0.717, 1.165) is 0 Å². The van der Waals surface area contributed by atoms with Crippen molar-refractivity contribution in [3.63, 3.8) is 0 Å². The van der Waals surface area contributed by atoms with E-state index in [4.69, 9.17) is 4.74 Å². The second-order valence-corrected chi connectivity index (χ2v) is 4.79. The summed E-state index contributed by atoms with van der Waals surface area (Å²) in [6.07, 6.45) is -3.10. The number of alkyl halides is 3. The number of ether oxygens (including phenoxy) is 2. The highest BCUT2D eigenvalue weighted by Gasteiger charge is 2.28. The minimum absolute atomic E-state index is 0.101. The van der Waals surface area contributed by atoms with Crippen LogP contribution in [0.1, 0.15) is 10.5 Å². The maximum atomic E-state index is 12.0. The average Bonchev–Trinajstić information content (AvgIpc) is 3.02. The minimum Gasteiger partial charge on any atom is -0.493 e. The Morgan fingerprint density at radius 3 is 2.52 bits per heavy atom. The summed E-state index contributed by atoms with van der Waals surface area (Å²) in [5, 5.41) is 5.61. The topological polar surface area (TPSA) is 82.5 Å². The fraction of sp³-hybridized carbons (Fsp3) is 0.267. The van der Waals surface area contributed by atoms with Gasteiger partial charge in [0, 0.05) is 0 Å². The van der Waals surface area contributed by atoms with Crippen LogP contribution >= 0.6 is 0 Å². The fourth-order valence-corrected chi connectivity index (χ4v) is 1.81. The highest BCUT2D eigenvalue weighted by Crippen LogP contribution is 2.20. The van der Waals surface area contributed by atoms with Crippen molar-refractivity contribution in [2.24, 2.45) is 0 Å². The summed E-state index contributed by atoms with van der Waals surface area (Å²) in [6, 6.07) is 8.83. The van der Waals surface area contributed by atoms with Crippen LogP contribution in [0, 0.1) is 0 Å². The number of para-hydroxylation sites is 1. The van der Waals surface area contributed by atoms with Crippen molar-refractivity contribution in [1.82, 2.24) is 15.1 Å². The van der Waals surface area contributed by atoms with Gasteiger partial charge in [0.05, 0.1) is 19.0 Å². The lowest BCUT2D eigenvalue weighted by Crippen LogP contribution is -2.36. The summed E-state index contributed by atoms with van der Waals surface area (Å²) in [4.78, 5) is 23.3. The monoisotopic (exact) mass is 357 g/mol. The second kappa shape index (κ2) is 7.69. The molecule has 0 aliphatic rings. The molecule has 0 atom stereocenters. The molecule has 1 amide bonds. The molecule has 1 N–H and O–H groups in total. The Bertz CT molecular complexity index is 744. The van der Waals surface area contributed by atoms with E-state index < -0.39 is 31.2 Å². The first kappa shape index (κ1) is 18.3. The van der Waals surface area contributed by atoms with Crippen LogP contribution in [-0.4, -0.2) is 48.1 Å². The highest BCUT2D eigenvalue weighted by atomic mass is 19.4. The van der Waals surface area contributed by atoms with Gasteiger partial charge in [-0.3, -0.25) is 4.79 Å². The largest absolute Gasteiger partial charge is 0.493 e. The molecule has 0 fully saturated rings. The highest BCUT2D eigenvalue weighted by molar-refractivity contribution is 5.92. The Hall–Kier alpha value is -3.04. The summed E-state index contributed by atoms with van der Waals surface area (Å²) in [7, 11) is 1.32. The van der Waals surface area contributed by atoms with Crippen LogP contribution in [0.5, 0.6) is 5.75 Å². The summed E-state index contributed by atoms with van der Waals surface area (Å²) in [5.41, 5.74) is 0.456. The van der Waals surface area contributed by atoms with Crippen molar-refractivity contribution in [2.75, 3.05) is 20.3 Å². The van der Waals surface area contributed by atoms with Crippen molar-refractivity contribution in [2.45, 2.75) is 6.18 Å². The second-order valence-electron chi connectivity index (χ2n) is 4.79. The van der Waals surface area contributed by atoms with Crippen LogP contribution in [0.2, 0.25) is 0 Å². The van der Waals surface area contributed by atoms with Gasteiger partial charge in [-0.25, -0.2) is 9.48 Å². The van der Waals surface area contributed by atoms with Gasteiger partial charge in [0.1, 0.15) is 6.54 Å². The number of halogens is 3. The number of carbonyl (C=O) groups is 2. The number of hydrogen-bond acceptors (Lipinski definition) is 5. The molecule has 1 heterocycles. The first-order chi connectivity index (χ1) is 11.8. The number of nitrogens with zero attached hydrogens (tertiary/aromatic N) is 2.